The minimum atomic E-state index is -0.386. The fraction of sp³-hybridized carbons (Fsp3) is 0.375. The average Bonchev–Trinajstić information content (AvgIpc) is 2.89. The molecule has 0 aliphatic heterocycles. The molecule has 1 N–H and O–H groups in total. The predicted molar refractivity (Wildman–Crippen MR) is 78.1 cm³/mol. The smallest absolute Gasteiger partial charge is 0.0950 e. The molecule has 1 aromatic carbocycles. The molecule has 2 unspecified atom stereocenters. The van der Waals surface area contributed by atoms with Crippen molar-refractivity contribution in [1.82, 2.24) is 0 Å². The minimum Gasteiger partial charge on any atom is -0.387 e. The van der Waals surface area contributed by atoms with Crippen LogP contribution < -0.4 is 0 Å². The third-order valence-corrected chi connectivity index (χ3v) is 4.67. The second-order valence-corrected chi connectivity index (χ2v) is 5.73. The molecular formula is C16H20OS. The van der Waals surface area contributed by atoms with Gasteiger partial charge in [-0.25, -0.2) is 0 Å². The average molecular weight is 260 g/mol. The minimum absolute atomic E-state index is 0.189. The highest BCUT2D eigenvalue weighted by atomic mass is 32.1. The zero-order chi connectivity index (χ0) is 13.0. The molecule has 96 valence electrons. The van der Waals surface area contributed by atoms with Gasteiger partial charge in [-0.3, -0.25) is 0 Å². The molecule has 0 radical (unpaired) electrons. The van der Waals surface area contributed by atoms with E-state index in [4.69, 9.17) is 0 Å². The van der Waals surface area contributed by atoms with E-state index in [-0.39, 0.29) is 12.0 Å². The molecule has 1 aromatic heterocycles. The molecule has 0 aliphatic rings. The van der Waals surface area contributed by atoms with Crippen LogP contribution in [0.1, 0.15) is 47.6 Å². The van der Waals surface area contributed by atoms with Crippen LogP contribution in [0.15, 0.2) is 42.5 Å². The first-order valence-corrected chi connectivity index (χ1v) is 7.39. The van der Waals surface area contributed by atoms with Crippen molar-refractivity contribution in [3.63, 3.8) is 0 Å². The van der Waals surface area contributed by atoms with Crippen molar-refractivity contribution in [2.45, 2.75) is 38.7 Å². The number of thiophene rings is 1. The zero-order valence-electron chi connectivity index (χ0n) is 11.0. The third kappa shape index (κ3) is 2.82. The van der Waals surface area contributed by atoms with Crippen LogP contribution in [0.5, 0.6) is 0 Å². The van der Waals surface area contributed by atoms with Crippen molar-refractivity contribution in [1.29, 1.82) is 0 Å². The Morgan fingerprint density at radius 3 is 2.33 bits per heavy atom. The van der Waals surface area contributed by atoms with Gasteiger partial charge in [-0.1, -0.05) is 44.2 Å². The van der Waals surface area contributed by atoms with Gasteiger partial charge in [0, 0.05) is 15.7 Å². The second-order valence-electron chi connectivity index (χ2n) is 4.53. The van der Waals surface area contributed by atoms with Crippen LogP contribution in [0.25, 0.3) is 0 Å². The number of hydrogen-bond acceptors (Lipinski definition) is 2. The van der Waals surface area contributed by atoms with E-state index >= 15 is 0 Å². The number of hydrogen-bond donors (Lipinski definition) is 1. The number of aryl methyl sites for hydroxylation is 1. The summed E-state index contributed by atoms with van der Waals surface area (Å²) in [5, 5.41) is 10.6. The number of aliphatic hydroxyl groups is 1. The van der Waals surface area contributed by atoms with Crippen LogP contribution in [-0.2, 0) is 6.42 Å². The van der Waals surface area contributed by atoms with E-state index in [1.165, 1.54) is 10.4 Å². The molecule has 1 heterocycles. The first-order chi connectivity index (χ1) is 8.76. The van der Waals surface area contributed by atoms with E-state index in [0.29, 0.717) is 0 Å². The van der Waals surface area contributed by atoms with E-state index in [2.05, 4.69) is 38.1 Å². The number of benzene rings is 1. The largest absolute Gasteiger partial charge is 0.387 e. The van der Waals surface area contributed by atoms with Crippen molar-refractivity contribution >= 4 is 11.3 Å². The van der Waals surface area contributed by atoms with Gasteiger partial charge in [-0.15, -0.1) is 11.3 Å². The third-order valence-electron chi connectivity index (χ3n) is 3.37. The van der Waals surface area contributed by atoms with Gasteiger partial charge in [-0.2, -0.15) is 0 Å². The normalized spacial score (nSPS) is 14.4. The maximum atomic E-state index is 10.6. The summed E-state index contributed by atoms with van der Waals surface area (Å²) in [4.78, 5) is 2.43. The van der Waals surface area contributed by atoms with Crippen LogP contribution in [0.2, 0.25) is 0 Å². The van der Waals surface area contributed by atoms with Gasteiger partial charge in [0.05, 0.1) is 6.10 Å². The maximum Gasteiger partial charge on any atom is 0.0950 e. The maximum absolute atomic E-state index is 10.6. The number of aliphatic hydroxyl groups excluding tert-OH is 1. The van der Waals surface area contributed by atoms with Crippen LogP contribution in [0, 0.1) is 0 Å². The first kappa shape index (κ1) is 13.3. The van der Waals surface area contributed by atoms with Crippen molar-refractivity contribution in [3.8, 4) is 0 Å². The van der Waals surface area contributed by atoms with E-state index in [9.17, 15) is 5.11 Å². The fourth-order valence-corrected chi connectivity index (χ4v) is 3.29. The SMILES string of the molecule is CCc1ccc(C(O)C(CC)c2ccccc2)s1. The van der Waals surface area contributed by atoms with Gasteiger partial charge in [-0.05, 0) is 30.5 Å². The fourth-order valence-electron chi connectivity index (χ4n) is 2.28. The molecule has 0 fully saturated rings. The summed E-state index contributed by atoms with van der Waals surface area (Å²) in [6.07, 6.45) is 1.60. The summed E-state index contributed by atoms with van der Waals surface area (Å²) in [6.45, 7) is 4.28. The van der Waals surface area contributed by atoms with Gasteiger partial charge < -0.3 is 5.11 Å². The predicted octanol–water partition coefficient (Wildman–Crippen LogP) is 4.54. The highest BCUT2D eigenvalue weighted by molar-refractivity contribution is 7.12. The molecule has 0 amide bonds. The summed E-state index contributed by atoms with van der Waals surface area (Å²) in [7, 11) is 0. The van der Waals surface area contributed by atoms with E-state index in [1.807, 2.05) is 18.2 Å². The topological polar surface area (TPSA) is 20.2 Å². The molecule has 0 aliphatic carbocycles. The van der Waals surface area contributed by atoms with Crippen molar-refractivity contribution < 1.29 is 5.11 Å². The Balaban J connectivity index is 2.22. The van der Waals surface area contributed by atoms with E-state index in [1.54, 1.807) is 11.3 Å². The Morgan fingerprint density at radius 2 is 1.78 bits per heavy atom. The molecule has 18 heavy (non-hydrogen) atoms. The Kier molecular flexibility index (Phi) is 4.56. The molecule has 1 nitrogen and oxygen atoms in total. The second kappa shape index (κ2) is 6.17. The quantitative estimate of drug-likeness (QED) is 0.837. The molecule has 0 spiro atoms. The van der Waals surface area contributed by atoms with Crippen LogP contribution >= 0.6 is 11.3 Å². The Labute approximate surface area is 113 Å². The lowest BCUT2D eigenvalue weighted by molar-refractivity contribution is 0.146. The lowest BCUT2D eigenvalue weighted by Crippen LogP contribution is -2.08. The molecule has 2 heteroatoms. The van der Waals surface area contributed by atoms with Gasteiger partial charge in [0.2, 0.25) is 0 Å². The number of rotatable bonds is 5. The van der Waals surface area contributed by atoms with E-state index < -0.39 is 0 Å². The Morgan fingerprint density at radius 1 is 1.06 bits per heavy atom. The zero-order valence-corrected chi connectivity index (χ0v) is 11.8. The molecule has 0 saturated carbocycles. The Bertz CT molecular complexity index is 475. The molecule has 2 aromatic rings. The van der Waals surface area contributed by atoms with Gasteiger partial charge >= 0.3 is 0 Å². The highest BCUT2D eigenvalue weighted by Crippen LogP contribution is 2.36. The Hall–Kier alpha value is -1.12. The standard InChI is InChI=1S/C16H20OS/c1-3-13-10-11-15(18-13)16(17)14(4-2)12-8-6-5-7-9-12/h5-11,14,16-17H,3-4H2,1-2H3. The monoisotopic (exact) mass is 260 g/mol. The van der Waals surface area contributed by atoms with Gasteiger partial charge in [0.25, 0.3) is 0 Å². The molecular weight excluding hydrogens is 240 g/mol. The van der Waals surface area contributed by atoms with Crippen molar-refractivity contribution in [3.05, 3.63) is 57.8 Å². The van der Waals surface area contributed by atoms with Crippen LogP contribution in [0.3, 0.4) is 0 Å². The van der Waals surface area contributed by atoms with Gasteiger partial charge in [0.15, 0.2) is 0 Å². The van der Waals surface area contributed by atoms with Crippen LogP contribution in [0.4, 0.5) is 0 Å². The molecule has 2 rings (SSSR count). The molecule has 2 atom stereocenters. The van der Waals surface area contributed by atoms with Crippen molar-refractivity contribution in [2.75, 3.05) is 0 Å². The highest BCUT2D eigenvalue weighted by Gasteiger charge is 2.22. The van der Waals surface area contributed by atoms with E-state index in [0.717, 1.165) is 17.7 Å². The van der Waals surface area contributed by atoms with Gasteiger partial charge in [0.1, 0.15) is 0 Å². The summed E-state index contributed by atoms with van der Waals surface area (Å²) in [5.74, 6) is 0.189. The summed E-state index contributed by atoms with van der Waals surface area (Å²) in [6, 6.07) is 14.5. The first-order valence-electron chi connectivity index (χ1n) is 6.57. The lowest BCUT2D eigenvalue weighted by Gasteiger charge is -2.21. The molecule has 0 saturated heterocycles. The summed E-state index contributed by atoms with van der Waals surface area (Å²) < 4.78 is 0. The lowest BCUT2D eigenvalue weighted by atomic mass is 9.90. The molecule has 0 bridgehead atoms. The van der Waals surface area contributed by atoms with Crippen molar-refractivity contribution in [2.24, 2.45) is 0 Å². The summed E-state index contributed by atoms with van der Waals surface area (Å²) in [5.41, 5.74) is 1.22. The summed E-state index contributed by atoms with van der Waals surface area (Å²) >= 11 is 1.73. The van der Waals surface area contributed by atoms with Crippen LogP contribution in [-0.4, -0.2) is 5.11 Å².